The maximum atomic E-state index is 9.87. The van der Waals surface area contributed by atoms with Crippen molar-refractivity contribution in [2.75, 3.05) is 5.75 Å². The monoisotopic (exact) mass is 160 g/mol. The fourth-order valence-corrected chi connectivity index (χ4v) is 0.744. The second-order valence-corrected chi connectivity index (χ2v) is 2.24. The smallest absolute Gasteiger partial charge is 0.328 e. The van der Waals surface area contributed by atoms with Crippen LogP contribution in [0.25, 0.3) is 0 Å². The topological polar surface area (TPSA) is 75.7 Å². The quantitative estimate of drug-likeness (QED) is 0.203. The Morgan fingerprint density at radius 2 is 2.50 bits per heavy atom. The van der Waals surface area contributed by atoms with Crippen LogP contribution in [0.4, 0.5) is 0 Å². The molecule has 56 valence electrons. The van der Waals surface area contributed by atoms with E-state index in [9.17, 15) is 4.79 Å². The molecule has 0 fully saturated rings. The highest BCUT2D eigenvalue weighted by atomic mass is 32.2. The van der Waals surface area contributed by atoms with Crippen molar-refractivity contribution in [2.24, 2.45) is 10.9 Å². The predicted molar refractivity (Wildman–Crippen MR) is 41.9 cm³/mol. The molecule has 3 N–H and O–H groups in total. The average Bonchev–Trinajstić information content (AvgIpc) is 1.87. The third kappa shape index (κ3) is 7.03. The van der Waals surface area contributed by atoms with Gasteiger partial charge in [0.25, 0.3) is 0 Å². The summed E-state index contributed by atoms with van der Waals surface area (Å²) in [6.45, 7) is 0. The lowest BCUT2D eigenvalue weighted by atomic mass is 10.7. The molecule has 5 heteroatoms. The molecule has 0 aliphatic carbocycles. The Balaban J connectivity index is 3.27. The summed E-state index contributed by atoms with van der Waals surface area (Å²) in [7, 11) is 0. The number of hydrogen-bond acceptors (Lipinski definition) is 4. The minimum Gasteiger partial charge on any atom is -0.478 e. The lowest BCUT2D eigenvalue weighted by Crippen LogP contribution is -1.86. The first kappa shape index (κ1) is 9.03. The van der Waals surface area contributed by atoms with Crippen LogP contribution in [0.2, 0.25) is 0 Å². The van der Waals surface area contributed by atoms with Crippen molar-refractivity contribution >= 4 is 23.9 Å². The largest absolute Gasteiger partial charge is 0.478 e. The normalized spacial score (nSPS) is 11.2. The Hall–Kier alpha value is -0.970. The first-order valence-electron chi connectivity index (χ1n) is 2.50. The lowest BCUT2D eigenvalue weighted by Gasteiger charge is -1.82. The Morgan fingerprint density at radius 1 is 1.80 bits per heavy atom. The number of aliphatic carboxylic acids is 1. The van der Waals surface area contributed by atoms with Crippen molar-refractivity contribution in [3.8, 4) is 0 Å². The summed E-state index contributed by atoms with van der Waals surface area (Å²) in [6, 6.07) is 0. The van der Waals surface area contributed by atoms with Gasteiger partial charge in [0, 0.05) is 18.0 Å². The standard InChI is InChI=1S/C5H8N2O2S/c6-7-2-4-10-3-1-5(8)9/h1-3H,4,6H2,(H,8,9)/b3-1-,7-2?. The zero-order valence-electron chi connectivity index (χ0n) is 5.23. The Morgan fingerprint density at radius 3 is 3.00 bits per heavy atom. The summed E-state index contributed by atoms with van der Waals surface area (Å²) in [5.74, 6) is 4.44. The van der Waals surface area contributed by atoms with Crippen LogP contribution in [-0.2, 0) is 4.79 Å². The van der Waals surface area contributed by atoms with Gasteiger partial charge in [0.1, 0.15) is 0 Å². The van der Waals surface area contributed by atoms with E-state index >= 15 is 0 Å². The molecule has 0 aromatic carbocycles. The van der Waals surface area contributed by atoms with Gasteiger partial charge in [-0.05, 0) is 5.41 Å². The molecule has 0 saturated carbocycles. The number of carboxylic acids is 1. The molecule has 0 aliphatic rings. The van der Waals surface area contributed by atoms with Gasteiger partial charge in [0.05, 0.1) is 0 Å². The van der Waals surface area contributed by atoms with Crippen LogP contribution < -0.4 is 5.84 Å². The molecule has 10 heavy (non-hydrogen) atoms. The third-order valence-electron chi connectivity index (χ3n) is 0.583. The first-order valence-corrected chi connectivity index (χ1v) is 3.55. The first-order chi connectivity index (χ1) is 4.77. The molecule has 0 amide bonds. The third-order valence-corrected chi connectivity index (χ3v) is 1.25. The maximum Gasteiger partial charge on any atom is 0.328 e. The fourth-order valence-electron chi connectivity index (χ4n) is 0.248. The molecule has 0 atom stereocenters. The number of nitrogens with zero attached hydrogens (tertiary/aromatic N) is 1. The Labute approximate surface area is 62.8 Å². The van der Waals surface area contributed by atoms with E-state index in [0.29, 0.717) is 5.75 Å². The predicted octanol–water partition coefficient (Wildman–Crippen LogP) is 0.262. The minimum atomic E-state index is -0.947. The molecular weight excluding hydrogens is 152 g/mol. The van der Waals surface area contributed by atoms with E-state index in [0.717, 1.165) is 6.08 Å². The van der Waals surface area contributed by atoms with Crippen LogP contribution in [0.3, 0.4) is 0 Å². The van der Waals surface area contributed by atoms with E-state index in [1.54, 1.807) is 0 Å². The Bertz CT molecular complexity index is 156. The van der Waals surface area contributed by atoms with Crippen LogP contribution in [0.5, 0.6) is 0 Å². The van der Waals surface area contributed by atoms with Gasteiger partial charge in [-0.15, -0.1) is 11.8 Å². The Kier molecular flexibility index (Phi) is 5.56. The highest BCUT2D eigenvalue weighted by Gasteiger charge is 1.83. The van der Waals surface area contributed by atoms with Crippen LogP contribution in [-0.4, -0.2) is 23.0 Å². The van der Waals surface area contributed by atoms with E-state index in [1.807, 2.05) is 0 Å². The van der Waals surface area contributed by atoms with Crippen molar-refractivity contribution in [2.45, 2.75) is 0 Å². The van der Waals surface area contributed by atoms with Crippen LogP contribution in [0.1, 0.15) is 0 Å². The summed E-state index contributed by atoms with van der Waals surface area (Å²) < 4.78 is 0. The van der Waals surface area contributed by atoms with Gasteiger partial charge in [0.2, 0.25) is 0 Å². The molecule has 0 aromatic rings. The van der Waals surface area contributed by atoms with Gasteiger partial charge < -0.3 is 10.9 Å². The molecular formula is C5H8N2O2S. The van der Waals surface area contributed by atoms with Gasteiger partial charge >= 0.3 is 5.97 Å². The van der Waals surface area contributed by atoms with Gasteiger partial charge in [0.15, 0.2) is 0 Å². The summed E-state index contributed by atoms with van der Waals surface area (Å²) >= 11 is 1.32. The summed E-state index contributed by atoms with van der Waals surface area (Å²) in [5.41, 5.74) is 0. The van der Waals surface area contributed by atoms with Gasteiger partial charge in [-0.2, -0.15) is 5.10 Å². The van der Waals surface area contributed by atoms with Gasteiger partial charge in [-0.25, -0.2) is 4.79 Å². The molecule has 0 radical (unpaired) electrons. The van der Waals surface area contributed by atoms with Gasteiger partial charge in [-0.1, -0.05) is 0 Å². The lowest BCUT2D eigenvalue weighted by molar-refractivity contribution is -0.131. The van der Waals surface area contributed by atoms with Crippen LogP contribution in [0, 0.1) is 0 Å². The van der Waals surface area contributed by atoms with Crippen LogP contribution >= 0.6 is 11.8 Å². The highest BCUT2D eigenvalue weighted by molar-refractivity contribution is 8.02. The van der Waals surface area contributed by atoms with Crippen molar-refractivity contribution in [3.05, 3.63) is 11.5 Å². The molecule has 0 aromatic heterocycles. The van der Waals surface area contributed by atoms with E-state index < -0.39 is 5.97 Å². The number of hydrogen-bond donors (Lipinski definition) is 2. The molecule has 0 saturated heterocycles. The highest BCUT2D eigenvalue weighted by Crippen LogP contribution is 1.98. The van der Waals surface area contributed by atoms with Crippen molar-refractivity contribution in [1.29, 1.82) is 0 Å². The second kappa shape index (κ2) is 6.15. The van der Waals surface area contributed by atoms with Crippen molar-refractivity contribution in [3.63, 3.8) is 0 Å². The number of carbonyl (C=O) groups is 1. The summed E-state index contributed by atoms with van der Waals surface area (Å²) in [6.07, 6.45) is 2.56. The summed E-state index contributed by atoms with van der Waals surface area (Å²) in [5, 5.41) is 12.8. The molecule has 0 spiro atoms. The molecule has 0 unspecified atom stereocenters. The minimum absolute atomic E-state index is 0.597. The molecule has 0 heterocycles. The summed E-state index contributed by atoms with van der Waals surface area (Å²) in [4.78, 5) is 9.87. The van der Waals surface area contributed by atoms with E-state index in [1.165, 1.54) is 23.4 Å². The molecule has 0 bridgehead atoms. The van der Waals surface area contributed by atoms with Gasteiger partial charge in [-0.3, -0.25) is 0 Å². The molecule has 0 aliphatic heterocycles. The number of rotatable bonds is 4. The molecule has 4 nitrogen and oxygen atoms in total. The van der Waals surface area contributed by atoms with E-state index in [-0.39, 0.29) is 0 Å². The number of carboxylic acid groups (broad SMARTS) is 1. The second-order valence-electron chi connectivity index (χ2n) is 1.31. The van der Waals surface area contributed by atoms with E-state index in [2.05, 4.69) is 5.10 Å². The maximum absolute atomic E-state index is 9.87. The van der Waals surface area contributed by atoms with Crippen molar-refractivity contribution < 1.29 is 9.90 Å². The number of thioether (sulfide) groups is 1. The number of hydrazone groups is 1. The SMILES string of the molecule is NN=CCS/C=C\C(=O)O. The average molecular weight is 160 g/mol. The fraction of sp³-hybridized carbons (Fsp3) is 0.200. The number of nitrogens with two attached hydrogens (primary N) is 1. The zero-order chi connectivity index (χ0) is 7.82. The van der Waals surface area contributed by atoms with E-state index in [4.69, 9.17) is 10.9 Å². The molecule has 0 rings (SSSR count). The van der Waals surface area contributed by atoms with Crippen LogP contribution in [0.15, 0.2) is 16.6 Å². The zero-order valence-corrected chi connectivity index (χ0v) is 6.04. The van der Waals surface area contributed by atoms with Crippen molar-refractivity contribution in [1.82, 2.24) is 0 Å².